The van der Waals surface area contributed by atoms with E-state index in [-0.39, 0.29) is 11.7 Å². The number of rotatable bonds is 5. The number of benzene rings is 3. The number of thiol groups is 1. The van der Waals surface area contributed by atoms with Gasteiger partial charge in [-0.25, -0.2) is 0 Å². The van der Waals surface area contributed by atoms with Gasteiger partial charge in [-0.3, -0.25) is 10.1 Å². The third-order valence-corrected chi connectivity index (χ3v) is 5.67. The summed E-state index contributed by atoms with van der Waals surface area (Å²) < 4.78 is 11.3. The average Bonchev–Trinajstić information content (AvgIpc) is 2.99. The third-order valence-electron chi connectivity index (χ3n) is 5.20. The average molecular weight is 423 g/mol. The van der Waals surface area contributed by atoms with Gasteiger partial charge in [-0.2, -0.15) is 0 Å². The van der Waals surface area contributed by atoms with E-state index in [9.17, 15) is 9.90 Å². The molecule has 1 amide bonds. The predicted molar refractivity (Wildman–Crippen MR) is 117 cm³/mol. The van der Waals surface area contributed by atoms with Gasteiger partial charge < -0.3 is 19.5 Å². The Morgan fingerprint density at radius 3 is 2.23 bits per heavy atom. The van der Waals surface area contributed by atoms with Crippen molar-refractivity contribution >= 4 is 18.5 Å². The Bertz CT molecular complexity index is 1070. The zero-order valence-electron chi connectivity index (χ0n) is 16.6. The second kappa shape index (κ2) is 7.93. The molecule has 3 aromatic rings. The first kappa shape index (κ1) is 20.1. The van der Waals surface area contributed by atoms with Crippen LogP contribution in [0, 0.1) is 0 Å². The van der Waals surface area contributed by atoms with Crippen LogP contribution in [0.15, 0.2) is 72.8 Å². The molecule has 1 fully saturated rings. The number of phenols is 1. The van der Waals surface area contributed by atoms with E-state index < -0.39 is 11.0 Å². The zero-order chi connectivity index (χ0) is 21.3. The molecule has 3 aromatic carbocycles. The van der Waals surface area contributed by atoms with Crippen LogP contribution in [0.5, 0.6) is 23.0 Å². The van der Waals surface area contributed by atoms with Crippen LogP contribution in [0.3, 0.4) is 0 Å². The van der Waals surface area contributed by atoms with Gasteiger partial charge in [0, 0.05) is 13.1 Å². The molecule has 6 nitrogen and oxygen atoms in total. The van der Waals surface area contributed by atoms with Gasteiger partial charge in [-0.15, -0.1) is 12.6 Å². The lowest BCUT2D eigenvalue weighted by molar-refractivity contribution is -0.130. The molecule has 0 saturated carbocycles. The summed E-state index contributed by atoms with van der Waals surface area (Å²) in [4.78, 5) is 14.9. The Morgan fingerprint density at radius 1 is 0.967 bits per heavy atom. The second-order valence-electron chi connectivity index (χ2n) is 7.04. The topological polar surface area (TPSA) is 71.0 Å². The molecule has 2 N–H and O–H groups in total. The summed E-state index contributed by atoms with van der Waals surface area (Å²) in [6, 6.07) is 21.3. The molecule has 154 valence electrons. The maximum absolute atomic E-state index is 13.4. The number of methoxy groups -OCH3 is 1. The highest BCUT2D eigenvalue weighted by molar-refractivity contribution is 7.80. The number of ether oxygens (including phenoxy) is 2. The lowest BCUT2D eigenvalue weighted by atomic mass is 9.82. The van der Waals surface area contributed by atoms with Crippen molar-refractivity contribution in [2.75, 3.05) is 14.2 Å². The van der Waals surface area contributed by atoms with E-state index in [1.54, 1.807) is 49.4 Å². The molecular weight excluding hydrogens is 400 g/mol. The first-order valence-corrected chi connectivity index (χ1v) is 9.90. The fourth-order valence-corrected chi connectivity index (χ4v) is 3.91. The van der Waals surface area contributed by atoms with E-state index >= 15 is 0 Å². The van der Waals surface area contributed by atoms with Gasteiger partial charge in [0.25, 0.3) is 5.91 Å². The van der Waals surface area contributed by atoms with Crippen molar-refractivity contribution in [3.05, 3.63) is 83.9 Å². The van der Waals surface area contributed by atoms with E-state index in [2.05, 4.69) is 17.9 Å². The second-order valence-corrected chi connectivity index (χ2v) is 7.53. The quantitative estimate of drug-likeness (QED) is 0.547. The fourth-order valence-electron chi connectivity index (χ4n) is 3.61. The number of likely N-dealkylation sites (N-methyl/N-ethyl adjacent to an activating group) is 1. The molecule has 0 aliphatic carbocycles. The number of carbonyl (C=O) groups is 1. The van der Waals surface area contributed by atoms with Crippen LogP contribution >= 0.6 is 12.6 Å². The van der Waals surface area contributed by atoms with Crippen molar-refractivity contribution in [1.82, 2.24) is 10.2 Å². The number of nitrogens with one attached hydrogen (secondary N) is 1. The summed E-state index contributed by atoms with van der Waals surface area (Å²) in [6.45, 7) is 0. The molecule has 2 atom stereocenters. The number of phenolic OH excluding ortho intramolecular Hbond substituents is 1. The summed E-state index contributed by atoms with van der Waals surface area (Å²) >= 11 is 4.51. The Balaban J connectivity index is 1.78. The molecule has 2 unspecified atom stereocenters. The summed E-state index contributed by atoms with van der Waals surface area (Å²) in [6.07, 6.45) is 0. The van der Waals surface area contributed by atoms with Gasteiger partial charge in [0.05, 0.1) is 7.11 Å². The van der Waals surface area contributed by atoms with E-state index in [1.807, 2.05) is 42.5 Å². The summed E-state index contributed by atoms with van der Waals surface area (Å²) in [5.41, 5.74) is -0.203. The molecule has 4 rings (SSSR count). The minimum absolute atomic E-state index is 0.130. The van der Waals surface area contributed by atoms with Crippen LogP contribution in [0.4, 0.5) is 0 Å². The van der Waals surface area contributed by atoms with Crippen LogP contribution in [0.2, 0.25) is 0 Å². The maximum atomic E-state index is 13.4. The van der Waals surface area contributed by atoms with Crippen molar-refractivity contribution in [2.45, 2.75) is 11.0 Å². The van der Waals surface area contributed by atoms with Crippen LogP contribution in [0.25, 0.3) is 0 Å². The molecule has 1 heterocycles. The van der Waals surface area contributed by atoms with Gasteiger partial charge in [0.15, 0.2) is 5.54 Å². The molecule has 1 aliphatic rings. The number of aromatic hydroxyl groups is 1. The fraction of sp³-hybridized carbons (Fsp3) is 0.174. The largest absolute Gasteiger partial charge is 0.508 e. The minimum atomic E-state index is -1.15. The minimum Gasteiger partial charge on any atom is -0.508 e. The van der Waals surface area contributed by atoms with Crippen LogP contribution in [-0.2, 0) is 10.3 Å². The van der Waals surface area contributed by atoms with Crippen molar-refractivity contribution < 1.29 is 19.4 Å². The Morgan fingerprint density at radius 2 is 1.60 bits per heavy atom. The van der Waals surface area contributed by atoms with E-state index in [4.69, 9.17) is 9.47 Å². The molecule has 7 heteroatoms. The Hall–Kier alpha value is -3.16. The van der Waals surface area contributed by atoms with Crippen LogP contribution < -0.4 is 14.8 Å². The molecule has 30 heavy (non-hydrogen) atoms. The van der Waals surface area contributed by atoms with Crippen LogP contribution in [-0.4, -0.2) is 35.6 Å². The number of amides is 1. The molecule has 1 aliphatic heterocycles. The van der Waals surface area contributed by atoms with Crippen LogP contribution in [0.1, 0.15) is 11.1 Å². The lowest BCUT2D eigenvalue weighted by Gasteiger charge is -2.29. The van der Waals surface area contributed by atoms with Crippen molar-refractivity contribution in [3.8, 4) is 23.0 Å². The molecule has 0 spiro atoms. The Kier molecular flexibility index (Phi) is 5.32. The van der Waals surface area contributed by atoms with Gasteiger partial charge in [-0.1, -0.05) is 30.3 Å². The summed E-state index contributed by atoms with van der Waals surface area (Å²) in [5, 5.41) is 13.0. The highest BCUT2D eigenvalue weighted by atomic mass is 32.1. The molecule has 0 aromatic heterocycles. The van der Waals surface area contributed by atoms with Crippen molar-refractivity contribution in [3.63, 3.8) is 0 Å². The molecule has 0 radical (unpaired) electrons. The Labute approximate surface area is 180 Å². The molecule has 1 saturated heterocycles. The van der Waals surface area contributed by atoms with Gasteiger partial charge >= 0.3 is 0 Å². The number of nitrogens with zero attached hydrogens (tertiary/aromatic N) is 1. The van der Waals surface area contributed by atoms with Gasteiger partial charge in [-0.05, 0) is 47.5 Å². The number of hydrogen-bond donors (Lipinski definition) is 3. The number of hydrogen-bond acceptors (Lipinski definition) is 6. The summed E-state index contributed by atoms with van der Waals surface area (Å²) in [5.74, 6) is 1.88. The third kappa shape index (κ3) is 3.46. The SMILES string of the molecule is COc1cccc(Oc2cccc(C3(c4ccc(O)cc4)NC(S)N(C)C3=O)c2)c1. The molecular formula is C23H22N2O4S. The summed E-state index contributed by atoms with van der Waals surface area (Å²) in [7, 11) is 3.30. The van der Waals surface area contributed by atoms with Gasteiger partial charge in [0.1, 0.15) is 28.5 Å². The standard InChI is InChI=1S/C23H22N2O4S/c1-25-21(27)23(24-22(25)30,15-9-11-17(26)12-10-15)16-5-3-7-19(13-16)29-20-8-4-6-18(14-20)28-2/h3-14,22,24,26,30H,1-2H3. The number of carbonyl (C=O) groups excluding carboxylic acids is 1. The monoisotopic (exact) mass is 422 g/mol. The zero-order valence-corrected chi connectivity index (χ0v) is 17.5. The van der Waals surface area contributed by atoms with E-state index in [0.717, 1.165) is 0 Å². The smallest absolute Gasteiger partial charge is 0.253 e. The lowest BCUT2D eigenvalue weighted by Crippen LogP contribution is -2.45. The highest BCUT2D eigenvalue weighted by Gasteiger charge is 2.51. The van der Waals surface area contributed by atoms with E-state index in [1.165, 1.54) is 0 Å². The first-order chi connectivity index (χ1) is 14.4. The maximum Gasteiger partial charge on any atom is 0.253 e. The first-order valence-electron chi connectivity index (χ1n) is 9.39. The highest BCUT2D eigenvalue weighted by Crippen LogP contribution is 2.39. The van der Waals surface area contributed by atoms with Crippen molar-refractivity contribution in [2.24, 2.45) is 0 Å². The normalized spacial score (nSPS) is 21.0. The van der Waals surface area contributed by atoms with Gasteiger partial charge in [0.2, 0.25) is 0 Å². The van der Waals surface area contributed by atoms with Crippen molar-refractivity contribution in [1.29, 1.82) is 0 Å². The molecule has 0 bridgehead atoms. The predicted octanol–water partition coefficient (Wildman–Crippen LogP) is 3.71. The van der Waals surface area contributed by atoms with E-state index in [0.29, 0.717) is 28.4 Å².